The van der Waals surface area contributed by atoms with Crippen molar-refractivity contribution in [1.29, 1.82) is 0 Å². The summed E-state index contributed by atoms with van der Waals surface area (Å²) in [6.45, 7) is 0.726. The van der Waals surface area contributed by atoms with Gasteiger partial charge in [-0.1, -0.05) is 42.5 Å². The molecule has 0 aliphatic heterocycles. The molecule has 1 amide bonds. The zero-order valence-electron chi connectivity index (χ0n) is 18.0. The van der Waals surface area contributed by atoms with Crippen LogP contribution in [-0.2, 0) is 29.4 Å². The van der Waals surface area contributed by atoms with E-state index in [-0.39, 0.29) is 18.9 Å². The minimum Gasteiger partial charge on any atom is -0.356 e. The predicted molar refractivity (Wildman–Crippen MR) is 121 cm³/mol. The molecule has 1 aliphatic carbocycles. The molecule has 2 aromatic rings. The van der Waals surface area contributed by atoms with Gasteiger partial charge in [0.1, 0.15) is 0 Å². The van der Waals surface area contributed by atoms with Crippen LogP contribution in [0.3, 0.4) is 0 Å². The number of aromatic nitrogens is 1. The van der Waals surface area contributed by atoms with E-state index in [0.717, 1.165) is 40.1 Å². The van der Waals surface area contributed by atoms with Crippen molar-refractivity contribution in [3.05, 3.63) is 52.7 Å². The van der Waals surface area contributed by atoms with Crippen molar-refractivity contribution in [3.63, 3.8) is 0 Å². The average Bonchev–Trinajstić information content (AvgIpc) is 2.81. The van der Waals surface area contributed by atoms with Crippen LogP contribution in [0.5, 0.6) is 0 Å². The van der Waals surface area contributed by atoms with Gasteiger partial charge in [-0.05, 0) is 41.7 Å². The molecule has 3 rings (SSSR count). The van der Waals surface area contributed by atoms with E-state index in [2.05, 4.69) is 34.6 Å². The molecule has 31 heavy (non-hydrogen) atoms. The predicted octanol–water partition coefficient (Wildman–Crippen LogP) is 2.96. The van der Waals surface area contributed by atoms with Crippen LogP contribution in [0.1, 0.15) is 31.4 Å². The Morgan fingerprint density at radius 1 is 1.10 bits per heavy atom. The highest BCUT2D eigenvalue weighted by Gasteiger charge is 2.21. The summed E-state index contributed by atoms with van der Waals surface area (Å²) in [4.78, 5) is 17.2. The van der Waals surface area contributed by atoms with Gasteiger partial charge in [-0.3, -0.25) is 23.3 Å². The number of nitrogens with zero attached hydrogens (tertiary/aromatic N) is 1. The van der Waals surface area contributed by atoms with Gasteiger partial charge in [0.15, 0.2) is 0 Å². The highest BCUT2D eigenvalue weighted by atomic mass is 31.2. The van der Waals surface area contributed by atoms with Gasteiger partial charge in [0.25, 0.3) is 0 Å². The van der Waals surface area contributed by atoms with Crippen molar-refractivity contribution in [3.8, 4) is 11.1 Å². The van der Waals surface area contributed by atoms with Crippen LogP contribution in [0.2, 0.25) is 0 Å². The Kier molecular flexibility index (Phi) is 8.55. The summed E-state index contributed by atoms with van der Waals surface area (Å²) in [6, 6.07) is 10.1. The summed E-state index contributed by atoms with van der Waals surface area (Å²) in [7, 11) is -0.888. The first-order valence-electron chi connectivity index (χ1n) is 10.4. The number of hydrogen-bond acceptors (Lipinski definition) is 6. The van der Waals surface area contributed by atoms with Crippen molar-refractivity contribution in [1.82, 2.24) is 10.3 Å². The number of benzene rings is 1. The third-order valence-electron chi connectivity index (χ3n) is 5.09. The van der Waals surface area contributed by atoms with E-state index in [1.807, 2.05) is 24.4 Å². The smallest absolute Gasteiger partial charge is 0.356 e. The lowest BCUT2D eigenvalue weighted by Gasteiger charge is -2.14. The molecule has 0 radical (unpaired) electrons. The third-order valence-corrected chi connectivity index (χ3v) is 6.48. The fourth-order valence-corrected chi connectivity index (χ4v) is 4.23. The summed E-state index contributed by atoms with van der Waals surface area (Å²) >= 11 is 0. The van der Waals surface area contributed by atoms with Crippen molar-refractivity contribution < 1.29 is 22.9 Å². The number of unbranched alkanes of at least 4 members (excludes halogenated alkanes) is 1. The molecule has 1 heterocycles. The monoisotopic (exact) mass is 444 g/mol. The first-order chi connectivity index (χ1) is 15.1. The second-order valence-electron chi connectivity index (χ2n) is 7.18. The highest BCUT2D eigenvalue weighted by molar-refractivity contribution is 7.48. The van der Waals surface area contributed by atoms with E-state index in [4.69, 9.17) is 13.6 Å². The Morgan fingerprint density at radius 3 is 2.58 bits per heavy atom. The van der Waals surface area contributed by atoms with Gasteiger partial charge in [0.2, 0.25) is 5.91 Å². The number of hydrogen-bond donors (Lipinski definition) is 1. The SMILES string of the molecule is COP(=O)(OC)OCCCCNC(=O)Cc1ncc2c(c1-c1ccccc1)=CCCC=2. The summed E-state index contributed by atoms with van der Waals surface area (Å²) in [5.74, 6) is -0.0789. The molecule has 1 N–H and O–H groups in total. The quantitative estimate of drug-likeness (QED) is 0.424. The Balaban J connectivity index is 1.60. The fourth-order valence-electron chi connectivity index (χ4n) is 3.52. The van der Waals surface area contributed by atoms with Gasteiger partial charge in [0.05, 0.1) is 18.7 Å². The Morgan fingerprint density at radius 2 is 1.84 bits per heavy atom. The number of carbonyl (C=O) groups excluding carboxylic acids is 1. The molecule has 0 spiro atoms. The lowest BCUT2D eigenvalue weighted by atomic mass is 9.96. The summed E-state index contributed by atoms with van der Waals surface area (Å²) < 4.78 is 26.4. The number of pyridine rings is 1. The number of amides is 1. The van der Waals surface area contributed by atoms with E-state index in [9.17, 15) is 9.36 Å². The van der Waals surface area contributed by atoms with Crippen molar-refractivity contribution >= 4 is 25.9 Å². The summed E-state index contributed by atoms with van der Waals surface area (Å²) in [5, 5.41) is 5.22. The first kappa shape index (κ1) is 23.4. The highest BCUT2D eigenvalue weighted by Crippen LogP contribution is 2.47. The zero-order chi connectivity index (χ0) is 22.1. The molecule has 0 saturated heterocycles. The lowest BCUT2D eigenvalue weighted by molar-refractivity contribution is -0.120. The molecule has 7 nitrogen and oxygen atoms in total. The summed E-state index contributed by atoms with van der Waals surface area (Å²) in [6.07, 6.45) is 9.82. The van der Waals surface area contributed by atoms with Gasteiger partial charge in [-0.25, -0.2) is 4.57 Å². The Bertz CT molecular complexity index is 1050. The number of rotatable bonds is 11. The molecule has 0 fully saturated rings. The maximum absolute atomic E-state index is 12.6. The van der Waals surface area contributed by atoms with E-state index >= 15 is 0 Å². The second-order valence-corrected chi connectivity index (χ2v) is 9.06. The Labute approximate surface area is 182 Å². The van der Waals surface area contributed by atoms with Gasteiger partial charge in [-0.2, -0.15) is 0 Å². The number of phosphoric ester groups is 1. The van der Waals surface area contributed by atoms with Crippen LogP contribution in [0.25, 0.3) is 23.3 Å². The Hall–Kier alpha value is -2.31. The van der Waals surface area contributed by atoms with Crippen LogP contribution in [0.4, 0.5) is 0 Å². The van der Waals surface area contributed by atoms with Crippen LogP contribution in [-0.4, -0.2) is 38.3 Å². The fraction of sp³-hybridized carbons (Fsp3) is 0.391. The number of fused-ring (bicyclic) bond motifs is 1. The van der Waals surface area contributed by atoms with Crippen molar-refractivity contribution in [2.24, 2.45) is 0 Å². The maximum Gasteiger partial charge on any atom is 0.474 e. The minimum atomic E-state index is -3.44. The van der Waals surface area contributed by atoms with Gasteiger partial charge in [-0.15, -0.1) is 0 Å². The molecular weight excluding hydrogens is 415 g/mol. The molecule has 0 bridgehead atoms. The van der Waals surface area contributed by atoms with Crippen LogP contribution in [0.15, 0.2) is 36.5 Å². The largest absolute Gasteiger partial charge is 0.474 e. The molecular formula is C23H29N2O5P. The van der Waals surface area contributed by atoms with Gasteiger partial charge in [0, 0.05) is 32.5 Å². The topological polar surface area (TPSA) is 86.8 Å². The molecule has 166 valence electrons. The zero-order valence-corrected chi connectivity index (χ0v) is 18.9. The molecule has 0 unspecified atom stereocenters. The molecule has 1 aliphatic rings. The van der Waals surface area contributed by atoms with E-state index in [0.29, 0.717) is 19.4 Å². The number of nitrogens with one attached hydrogen (secondary N) is 1. The second kappa shape index (κ2) is 11.3. The molecule has 0 atom stereocenters. The maximum atomic E-state index is 12.6. The van der Waals surface area contributed by atoms with Crippen LogP contribution < -0.4 is 15.8 Å². The molecule has 1 aromatic carbocycles. The van der Waals surface area contributed by atoms with E-state index in [1.165, 1.54) is 14.2 Å². The molecule has 1 aromatic heterocycles. The van der Waals surface area contributed by atoms with Gasteiger partial charge >= 0.3 is 7.82 Å². The van der Waals surface area contributed by atoms with Crippen molar-refractivity contribution in [2.45, 2.75) is 32.1 Å². The number of carbonyl (C=O) groups is 1. The minimum absolute atomic E-state index is 0.0789. The summed E-state index contributed by atoms with van der Waals surface area (Å²) in [5.41, 5.74) is 2.88. The molecule has 8 heteroatoms. The van der Waals surface area contributed by atoms with E-state index < -0.39 is 7.82 Å². The van der Waals surface area contributed by atoms with E-state index in [1.54, 1.807) is 0 Å². The third kappa shape index (κ3) is 6.34. The van der Waals surface area contributed by atoms with Gasteiger partial charge < -0.3 is 5.32 Å². The molecule has 0 saturated carbocycles. The average molecular weight is 444 g/mol. The lowest BCUT2D eigenvalue weighted by Crippen LogP contribution is -2.33. The van der Waals surface area contributed by atoms with Crippen molar-refractivity contribution in [2.75, 3.05) is 27.4 Å². The first-order valence-corrected chi connectivity index (χ1v) is 11.9. The van der Waals surface area contributed by atoms with Crippen LogP contribution in [0, 0.1) is 0 Å². The number of phosphoric acid groups is 1. The standard InChI is InChI=1S/C23H29N2O5P/c1-28-31(27,29-2)30-15-9-8-14-24-22(26)16-21-23(18-10-4-3-5-11-18)20-13-7-6-12-19(20)17-25-21/h3-5,10-13,17H,6-9,14-16H2,1-2H3,(H,24,26). The normalized spacial score (nSPS) is 13.1. The van der Waals surface area contributed by atoms with Crippen LogP contribution >= 0.6 is 7.82 Å².